The molecule has 1 aromatic rings. The minimum atomic E-state index is -0.228. The fourth-order valence-corrected chi connectivity index (χ4v) is 5.39. The van der Waals surface area contributed by atoms with Gasteiger partial charge in [0.25, 0.3) is 0 Å². The van der Waals surface area contributed by atoms with Crippen molar-refractivity contribution in [1.29, 1.82) is 0 Å². The Morgan fingerprint density at radius 1 is 0.690 bits per heavy atom. The molecule has 0 aliphatic rings. The van der Waals surface area contributed by atoms with Gasteiger partial charge in [0.2, 0.25) is 11.8 Å². The first-order valence-electron chi connectivity index (χ1n) is 17.5. The van der Waals surface area contributed by atoms with Crippen LogP contribution in [0.2, 0.25) is 0 Å². The van der Waals surface area contributed by atoms with Crippen LogP contribution in [0, 0.1) is 0 Å². The Kier molecular flexibility index (Phi) is 25.3. The summed E-state index contributed by atoms with van der Waals surface area (Å²) in [6, 6.07) is 9.84. The molecule has 0 saturated heterocycles. The topological polar surface area (TPSA) is 90.5 Å². The third-order valence-corrected chi connectivity index (χ3v) is 8.06. The molecule has 0 bridgehead atoms. The smallest absolute Gasteiger partial charge is 0.222 e. The van der Waals surface area contributed by atoms with Crippen LogP contribution in [-0.2, 0) is 16.1 Å². The highest BCUT2D eigenvalue weighted by atomic mass is 16.3. The van der Waals surface area contributed by atoms with Crippen LogP contribution in [0.1, 0.15) is 154 Å². The summed E-state index contributed by atoms with van der Waals surface area (Å²) in [5, 5.41) is 19.7. The van der Waals surface area contributed by atoms with E-state index in [2.05, 4.69) is 29.8 Å². The molecular formula is C36H65N3O3. The highest BCUT2D eigenvalue weighted by Gasteiger charge is 2.16. The normalized spacial score (nSPS) is 12.6. The molecule has 0 aromatic heterocycles. The van der Waals surface area contributed by atoms with Crippen molar-refractivity contribution in [3.05, 3.63) is 35.9 Å². The average Bonchev–Trinajstić information content (AvgIpc) is 2.99. The molecule has 42 heavy (non-hydrogen) atoms. The van der Waals surface area contributed by atoms with Crippen molar-refractivity contribution >= 4 is 11.8 Å². The Balaban J connectivity index is 2.08. The van der Waals surface area contributed by atoms with Gasteiger partial charge in [-0.25, -0.2) is 0 Å². The standard InChI is InChI=1S/C36H65N3O3/c1-3-5-7-9-15-22-28-37-31-34(40)26-20-13-11-10-12-14-21-27-35(41)39-33(25-19-8-6-4-2)29-36(42)38-30-32-23-17-16-18-24-32/h16-18,23-24,33-34,37,40H,3-15,19-22,25-31H2,1-2H3,(H,38,42)(H,39,41). The summed E-state index contributed by atoms with van der Waals surface area (Å²) in [6.07, 6.45) is 22.5. The second-order valence-electron chi connectivity index (χ2n) is 12.2. The lowest BCUT2D eigenvalue weighted by Gasteiger charge is -2.19. The van der Waals surface area contributed by atoms with Gasteiger partial charge in [0.05, 0.1) is 6.10 Å². The van der Waals surface area contributed by atoms with Crippen molar-refractivity contribution in [2.75, 3.05) is 13.1 Å². The number of hydrogen-bond acceptors (Lipinski definition) is 4. The fraction of sp³-hybridized carbons (Fsp3) is 0.778. The number of hydrogen-bond donors (Lipinski definition) is 4. The van der Waals surface area contributed by atoms with E-state index in [1.165, 1.54) is 70.6 Å². The first-order valence-corrected chi connectivity index (χ1v) is 17.5. The minimum Gasteiger partial charge on any atom is -0.392 e. The first-order chi connectivity index (χ1) is 20.5. The van der Waals surface area contributed by atoms with Crippen molar-refractivity contribution in [1.82, 2.24) is 16.0 Å². The number of aliphatic hydroxyl groups is 1. The molecule has 0 spiro atoms. The lowest BCUT2D eigenvalue weighted by molar-refractivity contribution is -0.123. The average molecular weight is 588 g/mol. The van der Waals surface area contributed by atoms with Crippen LogP contribution in [0.25, 0.3) is 0 Å². The van der Waals surface area contributed by atoms with Gasteiger partial charge in [-0.3, -0.25) is 9.59 Å². The number of carbonyl (C=O) groups excluding carboxylic acids is 2. The lowest BCUT2D eigenvalue weighted by atomic mass is 10.0. The van der Waals surface area contributed by atoms with Crippen molar-refractivity contribution in [2.45, 2.75) is 167 Å². The second kappa shape index (κ2) is 27.9. The highest BCUT2D eigenvalue weighted by Crippen LogP contribution is 2.13. The Bertz CT molecular complexity index is 759. The van der Waals surface area contributed by atoms with Crippen LogP contribution in [0.3, 0.4) is 0 Å². The van der Waals surface area contributed by atoms with Crippen molar-refractivity contribution < 1.29 is 14.7 Å². The zero-order chi connectivity index (χ0) is 30.5. The van der Waals surface area contributed by atoms with E-state index in [0.717, 1.165) is 70.0 Å². The molecule has 4 N–H and O–H groups in total. The Morgan fingerprint density at radius 2 is 1.26 bits per heavy atom. The fourth-order valence-electron chi connectivity index (χ4n) is 5.39. The summed E-state index contributed by atoms with van der Waals surface area (Å²) in [7, 11) is 0. The lowest BCUT2D eigenvalue weighted by Crippen LogP contribution is -2.39. The van der Waals surface area contributed by atoms with E-state index in [-0.39, 0.29) is 24.0 Å². The summed E-state index contributed by atoms with van der Waals surface area (Å²) in [5.74, 6) is 0.0713. The highest BCUT2D eigenvalue weighted by molar-refractivity contribution is 5.79. The molecule has 0 fully saturated rings. The van der Waals surface area contributed by atoms with Gasteiger partial charge >= 0.3 is 0 Å². The largest absolute Gasteiger partial charge is 0.392 e. The van der Waals surface area contributed by atoms with E-state index in [1.807, 2.05) is 30.3 Å². The third-order valence-electron chi connectivity index (χ3n) is 8.06. The molecule has 2 amide bonds. The molecule has 0 saturated carbocycles. The van der Waals surface area contributed by atoms with Gasteiger partial charge in [0.15, 0.2) is 0 Å². The Labute approximate surface area is 258 Å². The SMILES string of the molecule is CCCCCCCCNCC(O)CCCCCCCCCC(=O)NC(CCCCCC)CC(=O)NCc1ccccc1. The Morgan fingerprint density at radius 3 is 1.95 bits per heavy atom. The molecule has 0 radical (unpaired) electrons. The van der Waals surface area contributed by atoms with Gasteiger partial charge < -0.3 is 21.1 Å². The predicted octanol–water partition coefficient (Wildman–Crippen LogP) is 7.97. The number of nitrogens with one attached hydrogen (secondary N) is 3. The summed E-state index contributed by atoms with van der Waals surface area (Å²) in [6.45, 7) is 6.70. The van der Waals surface area contributed by atoms with E-state index in [1.54, 1.807) is 0 Å². The molecular weight excluding hydrogens is 522 g/mol. The molecule has 2 unspecified atom stereocenters. The molecule has 0 aliphatic heterocycles. The van der Waals surface area contributed by atoms with Crippen LogP contribution in [0.4, 0.5) is 0 Å². The van der Waals surface area contributed by atoms with Gasteiger partial charge in [-0.2, -0.15) is 0 Å². The number of rotatable bonds is 29. The van der Waals surface area contributed by atoms with E-state index in [4.69, 9.17) is 0 Å². The molecule has 6 nitrogen and oxygen atoms in total. The minimum absolute atomic E-state index is 0.00316. The van der Waals surface area contributed by atoms with Crippen LogP contribution in [-0.4, -0.2) is 42.2 Å². The Hall–Kier alpha value is -1.92. The van der Waals surface area contributed by atoms with Gasteiger partial charge in [-0.1, -0.05) is 140 Å². The molecule has 242 valence electrons. The molecule has 0 heterocycles. The molecule has 2 atom stereocenters. The van der Waals surface area contributed by atoms with Gasteiger partial charge in [0.1, 0.15) is 0 Å². The second-order valence-corrected chi connectivity index (χ2v) is 12.2. The first kappa shape index (κ1) is 38.1. The maximum atomic E-state index is 12.6. The van der Waals surface area contributed by atoms with Crippen molar-refractivity contribution in [3.63, 3.8) is 0 Å². The number of benzene rings is 1. The molecule has 0 aliphatic carbocycles. The third kappa shape index (κ3) is 23.6. The van der Waals surface area contributed by atoms with E-state index < -0.39 is 0 Å². The maximum Gasteiger partial charge on any atom is 0.222 e. The van der Waals surface area contributed by atoms with Crippen molar-refractivity contribution in [3.8, 4) is 0 Å². The summed E-state index contributed by atoms with van der Waals surface area (Å²) in [5.41, 5.74) is 1.08. The monoisotopic (exact) mass is 588 g/mol. The zero-order valence-electron chi connectivity index (χ0n) is 27.3. The van der Waals surface area contributed by atoms with E-state index in [0.29, 0.717) is 19.4 Å². The molecule has 6 heteroatoms. The summed E-state index contributed by atoms with van der Waals surface area (Å²) >= 11 is 0. The van der Waals surface area contributed by atoms with Crippen LogP contribution < -0.4 is 16.0 Å². The van der Waals surface area contributed by atoms with Crippen LogP contribution in [0.5, 0.6) is 0 Å². The van der Waals surface area contributed by atoms with Gasteiger partial charge in [0, 0.05) is 32.0 Å². The quantitative estimate of drug-likeness (QED) is 0.0716. The summed E-state index contributed by atoms with van der Waals surface area (Å²) in [4.78, 5) is 25.2. The zero-order valence-corrected chi connectivity index (χ0v) is 27.3. The number of amides is 2. The van der Waals surface area contributed by atoms with Crippen molar-refractivity contribution in [2.24, 2.45) is 0 Å². The van der Waals surface area contributed by atoms with E-state index >= 15 is 0 Å². The van der Waals surface area contributed by atoms with E-state index in [9.17, 15) is 14.7 Å². The van der Waals surface area contributed by atoms with Gasteiger partial charge in [-0.05, 0) is 37.8 Å². The van der Waals surface area contributed by atoms with Crippen LogP contribution in [0.15, 0.2) is 30.3 Å². The summed E-state index contributed by atoms with van der Waals surface area (Å²) < 4.78 is 0. The van der Waals surface area contributed by atoms with Crippen LogP contribution >= 0.6 is 0 Å². The molecule has 1 aromatic carbocycles. The predicted molar refractivity (Wildman–Crippen MR) is 177 cm³/mol. The number of unbranched alkanes of at least 4 members (excludes halogenated alkanes) is 14. The number of aliphatic hydroxyl groups excluding tert-OH is 1. The maximum absolute atomic E-state index is 12.6. The number of carbonyl (C=O) groups is 2. The molecule has 1 rings (SSSR count). The van der Waals surface area contributed by atoms with Gasteiger partial charge in [-0.15, -0.1) is 0 Å².